The van der Waals surface area contributed by atoms with Crippen molar-refractivity contribution in [2.75, 3.05) is 32.4 Å². The minimum absolute atomic E-state index is 0.0208. The molecule has 0 unspecified atom stereocenters. The lowest BCUT2D eigenvalue weighted by Crippen LogP contribution is -2.65. The highest BCUT2D eigenvalue weighted by atomic mass is 32.2. The van der Waals surface area contributed by atoms with Crippen molar-refractivity contribution in [3.05, 3.63) is 53.7 Å². The zero-order chi connectivity index (χ0) is 28.8. The van der Waals surface area contributed by atoms with Gasteiger partial charge in [0.15, 0.2) is 9.84 Å². The zero-order valence-electron chi connectivity index (χ0n) is 21.8. The Morgan fingerprint density at radius 2 is 1.64 bits per heavy atom. The van der Waals surface area contributed by atoms with Crippen molar-refractivity contribution in [2.45, 2.75) is 55.8 Å². The number of aryl methyl sites for hydroxylation is 1. The quantitative estimate of drug-likeness (QED) is 0.523. The molecule has 0 saturated carbocycles. The van der Waals surface area contributed by atoms with Crippen molar-refractivity contribution in [1.82, 2.24) is 10.3 Å². The summed E-state index contributed by atoms with van der Waals surface area (Å²) in [6, 6.07) is 12.5. The van der Waals surface area contributed by atoms with E-state index in [-0.39, 0.29) is 22.9 Å². The predicted octanol–water partition coefficient (Wildman–Crippen LogP) is 3.38. The summed E-state index contributed by atoms with van der Waals surface area (Å²) in [5, 5.41) is 10.5. The van der Waals surface area contributed by atoms with Crippen LogP contribution in [0.1, 0.15) is 41.7 Å². The van der Waals surface area contributed by atoms with E-state index in [1.807, 2.05) is 25.1 Å². The van der Waals surface area contributed by atoms with E-state index >= 15 is 0 Å². The number of alkyl halides is 3. The van der Waals surface area contributed by atoms with E-state index in [4.69, 9.17) is 14.6 Å². The fourth-order valence-corrected chi connectivity index (χ4v) is 5.70. The molecule has 0 atom stereocenters. The number of rotatable bonds is 5. The fraction of sp³-hybridized carbons (Fsp3) is 0.500. The third kappa shape index (κ3) is 7.99. The Hall–Kier alpha value is -3.03. The third-order valence-corrected chi connectivity index (χ3v) is 8.12. The molecule has 39 heavy (non-hydrogen) atoms. The number of piperidine rings is 2. The second-order valence-electron chi connectivity index (χ2n) is 9.80. The van der Waals surface area contributed by atoms with Gasteiger partial charge in [-0.2, -0.15) is 13.2 Å². The van der Waals surface area contributed by atoms with Gasteiger partial charge in [0.05, 0.1) is 29.6 Å². The summed E-state index contributed by atoms with van der Waals surface area (Å²) in [6.45, 7) is 5.10. The highest BCUT2D eigenvalue weighted by Gasteiger charge is 2.48. The molecule has 4 rings (SSSR count). The molecule has 9 nitrogen and oxygen atoms in total. The number of benzene rings is 1. The number of carbonyl (C=O) groups excluding carboxylic acids is 1. The Labute approximate surface area is 225 Å². The molecule has 1 aromatic heterocycles. The first-order chi connectivity index (χ1) is 18.2. The van der Waals surface area contributed by atoms with Gasteiger partial charge in [-0.25, -0.2) is 23.0 Å². The number of pyridine rings is 1. The molecular formula is C26H33F3N3O6S+. The van der Waals surface area contributed by atoms with Gasteiger partial charge >= 0.3 is 18.1 Å². The molecule has 2 aliphatic heterocycles. The Kier molecular flexibility index (Phi) is 9.73. The van der Waals surface area contributed by atoms with Crippen LogP contribution in [0.15, 0.2) is 47.4 Å². The number of carboxylic acid groups (broad SMARTS) is 1. The van der Waals surface area contributed by atoms with Gasteiger partial charge in [0.1, 0.15) is 6.10 Å². The average Bonchev–Trinajstić information content (AvgIpc) is 2.89. The van der Waals surface area contributed by atoms with Crippen molar-refractivity contribution >= 4 is 21.7 Å². The number of hydrogen-bond acceptors (Lipinski definition) is 7. The van der Waals surface area contributed by atoms with Crippen molar-refractivity contribution in [3.63, 3.8) is 0 Å². The molecule has 1 amide bonds. The minimum atomic E-state index is -5.08. The van der Waals surface area contributed by atoms with Crippen LogP contribution in [0.3, 0.4) is 0 Å². The van der Waals surface area contributed by atoms with E-state index in [2.05, 4.69) is 10.3 Å². The molecule has 0 bridgehead atoms. The van der Waals surface area contributed by atoms with E-state index in [9.17, 15) is 26.4 Å². The molecule has 2 aliphatic rings. The number of nitrogens with zero attached hydrogens (tertiary/aromatic N) is 2. The van der Waals surface area contributed by atoms with Crippen molar-refractivity contribution < 1.29 is 45.5 Å². The van der Waals surface area contributed by atoms with Crippen molar-refractivity contribution in [2.24, 2.45) is 0 Å². The number of sulfone groups is 1. The molecule has 3 heterocycles. The number of aromatic nitrogens is 1. The number of nitrogens with one attached hydrogen (secondary N) is 1. The summed E-state index contributed by atoms with van der Waals surface area (Å²) in [6.07, 6.45) is -0.498. The summed E-state index contributed by atoms with van der Waals surface area (Å²) in [5.74, 6) is -2.11. The van der Waals surface area contributed by atoms with Gasteiger partial charge in [-0.15, -0.1) is 0 Å². The average molecular weight is 573 g/mol. The van der Waals surface area contributed by atoms with E-state index < -0.39 is 22.0 Å². The molecule has 13 heteroatoms. The van der Waals surface area contributed by atoms with E-state index in [0.717, 1.165) is 44.5 Å². The van der Waals surface area contributed by atoms with Gasteiger partial charge in [-0.3, -0.25) is 4.48 Å². The van der Waals surface area contributed by atoms with Gasteiger partial charge in [0, 0.05) is 56.8 Å². The normalized spacial score (nSPS) is 22.3. The highest BCUT2D eigenvalue weighted by Crippen LogP contribution is 2.32. The summed E-state index contributed by atoms with van der Waals surface area (Å²) in [7, 11) is -3.38. The monoisotopic (exact) mass is 572 g/mol. The maximum atomic E-state index is 13.9. The lowest BCUT2D eigenvalue weighted by molar-refractivity contribution is -0.881. The summed E-state index contributed by atoms with van der Waals surface area (Å²) >= 11 is 0. The molecule has 2 aromatic rings. The van der Waals surface area contributed by atoms with Crippen LogP contribution in [0.25, 0.3) is 0 Å². The summed E-state index contributed by atoms with van der Waals surface area (Å²) in [4.78, 5) is 27.4. The second kappa shape index (κ2) is 12.4. The Bertz CT molecular complexity index is 1270. The predicted molar refractivity (Wildman–Crippen MR) is 136 cm³/mol. The standard InChI is InChI=1S/C24H32N3O4S.C2HF3O2/c1-18-5-3-8-23(26-18)31-21-11-15-27(16-12-21,20-9-13-25-14-10-20)24(28)19-6-4-7-22(17-19)32(2,29)30;3-2(4,5)1(6)7/h3-8,17,20-21,25H,9-16H2,1-2H3;(H,6,7)/q+1;. The molecule has 0 radical (unpaired) electrons. The molecule has 1 aromatic carbocycles. The van der Waals surface area contributed by atoms with Gasteiger partial charge < -0.3 is 15.2 Å². The highest BCUT2D eigenvalue weighted by molar-refractivity contribution is 7.90. The van der Waals surface area contributed by atoms with Gasteiger partial charge in [0.25, 0.3) is 0 Å². The molecule has 0 spiro atoms. The van der Waals surface area contributed by atoms with Gasteiger partial charge in [-0.05, 0) is 31.2 Å². The lowest BCUT2D eigenvalue weighted by Gasteiger charge is -2.47. The van der Waals surface area contributed by atoms with Gasteiger partial charge in [-0.1, -0.05) is 12.1 Å². The number of amides is 1. The third-order valence-electron chi connectivity index (χ3n) is 7.01. The smallest absolute Gasteiger partial charge is 0.475 e. The molecule has 0 aliphatic carbocycles. The Morgan fingerprint density at radius 1 is 1.05 bits per heavy atom. The topological polar surface area (TPSA) is 123 Å². The molecule has 2 N–H and O–H groups in total. The molecular weight excluding hydrogens is 539 g/mol. The van der Waals surface area contributed by atoms with Gasteiger partial charge in [0.2, 0.25) is 5.88 Å². The number of carboxylic acids is 1. The van der Waals surface area contributed by atoms with Crippen molar-refractivity contribution in [1.29, 1.82) is 0 Å². The van der Waals surface area contributed by atoms with Crippen LogP contribution in [0.5, 0.6) is 5.88 Å². The Morgan fingerprint density at radius 3 is 2.18 bits per heavy atom. The molecule has 2 saturated heterocycles. The first-order valence-electron chi connectivity index (χ1n) is 12.6. The van der Waals surface area contributed by atoms with Crippen LogP contribution in [-0.4, -0.2) is 85.6 Å². The van der Waals surface area contributed by atoms with E-state index in [0.29, 0.717) is 29.0 Å². The second-order valence-corrected chi connectivity index (χ2v) is 11.8. The number of carbonyl (C=O) groups is 2. The first kappa shape index (κ1) is 30.5. The lowest BCUT2D eigenvalue weighted by atomic mass is 9.93. The molecule has 214 valence electrons. The first-order valence-corrected chi connectivity index (χ1v) is 14.4. The van der Waals surface area contributed by atoms with E-state index in [1.54, 1.807) is 18.2 Å². The number of aliphatic carboxylic acids is 1. The van der Waals surface area contributed by atoms with Crippen LogP contribution in [0.4, 0.5) is 13.2 Å². The number of quaternary nitrogens is 1. The van der Waals surface area contributed by atoms with Crippen LogP contribution >= 0.6 is 0 Å². The van der Waals surface area contributed by atoms with Crippen LogP contribution in [0.2, 0.25) is 0 Å². The van der Waals surface area contributed by atoms with E-state index in [1.165, 1.54) is 12.3 Å². The molecule has 2 fully saturated rings. The number of ether oxygens (including phenoxy) is 1. The van der Waals surface area contributed by atoms with Crippen LogP contribution in [0, 0.1) is 6.92 Å². The summed E-state index contributed by atoms with van der Waals surface area (Å²) < 4.78 is 62.4. The largest absolute Gasteiger partial charge is 0.490 e. The zero-order valence-corrected chi connectivity index (χ0v) is 22.6. The number of likely N-dealkylation sites (tertiary alicyclic amines) is 1. The maximum absolute atomic E-state index is 13.9. The number of hydrogen-bond donors (Lipinski definition) is 2. The van der Waals surface area contributed by atoms with Crippen molar-refractivity contribution in [3.8, 4) is 5.88 Å². The number of halogens is 3. The maximum Gasteiger partial charge on any atom is 0.490 e. The van der Waals surface area contributed by atoms with Crippen LogP contribution < -0.4 is 10.1 Å². The minimum Gasteiger partial charge on any atom is -0.475 e. The fourth-order valence-electron chi connectivity index (χ4n) is 5.03. The Balaban J connectivity index is 0.000000532. The van der Waals surface area contributed by atoms with Crippen LogP contribution in [-0.2, 0) is 14.6 Å². The summed E-state index contributed by atoms with van der Waals surface area (Å²) in [5.41, 5.74) is 1.39. The SMILES string of the molecule is Cc1cccc(OC2CC[N+](C(=O)c3cccc(S(C)(=O)=O)c3)(C3CCNCC3)CC2)n1.O=C(O)C(F)(F)F.